The van der Waals surface area contributed by atoms with E-state index in [9.17, 15) is 4.79 Å². The van der Waals surface area contributed by atoms with Crippen LogP contribution in [0.3, 0.4) is 0 Å². The number of nitrogens with one attached hydrogen (secondary N) is 2. The molecular formula is C17H20N2O4S. The first-order valence-corrected chi connectivity index (χ1v) is 8.42. The number of carbonyl (C=O) groups is 1. The smallest absolute Gasteiger partial charge is 0.338 e. The van der Waals surface area contributed by atoms with Crippen molar-refractivity contribution in [1.29, 1.82) is 0 Å². The maximum absolute atomic E-state index is 12.5. The van der Waals surface area contributed by atoms with Gasteiger partial charge in [0.15, 0.2) is 16.6 Å². The van der Waals surface area contributed by atoms with Gasteiger partial charge in [0.05, 0.1) is 18.2 Å². The Bertz CT molecular complexity index is 702. The highest BCUT2D eigenvalue weighted by atomic mass is 32.1. The van der Waals surface area contributed by atoms with Crippen molar-refractivity contribution < 1.29 is 19.0 Å². The van der Waals surface area contributed by atoms with Crippen LogP contribution in [0, 0.1) is 0 Å². The summed E-state index contributed by atoms with van der Waals surface area (Å²) in [6, 6.07) is 5.24. The van der Waals surface area contributed by atoms with E-state index in [1.165, 1.54) is 0 Å². The quantitative estimate of drug-likeness (QED) is 0.626. The summed E-state index contributed by atoms with van der Waals surface area (Å²) in [4.78, 5) is 12.5. The van der Waals surface area contributed by atoms with Crippen LogP contribution in [-0.2, 0) is 9.53 Å². The molecule has 2 heterocycles. The summed E-state index contributed by atoms with van der Waals surface area (Å²) >= 11 is 5.31. The Balaban J connectivity index is 2.03. The molecule has 0 amide bonds. The third-order valence-corrected chi connectivity index (χ3v) is 4.10. The van der Waals surface area contributed by atoms with Crippen molar-refractivity contribution in [2.45, 2.75) is 32.7 Å². The van der Waals surface area contributed by atoms with Crippen LogP contribution in [0.15, 0.2) is 29.5 Å². The average molecular weight is 348 g/mol. The summed E-state index contributed by atoms with van der Waals surface area (Å²) in [6.45, 7) is 4.37. The standard InChI is InChI=1S/C17H20N2O4S/c1-3-5-11-14(16(20)21-4-2)15(19-17(24)18-11)10-6-7-12-13(8-10)23-9-22-12/h6-8,15H,3-5,9H2,1-2H3,(H2,18,19,24)/t15-/m0/s1. The van der Waals surface area contributed by atoms with E-state index >= 15 is 0 Å². The van der Waals surface area contributed by atoms with Crippen LogP contribution in [0.1, 0.15) is 38.3 Å². The van der Waals surface area contributed by atoms with Crippen LogP contribution in [0.25, 0.3) is 0 Å². The Kier molecular flexibility index (Phi) is 4.89. The van der Waals surface area contributed by atoms with Gasteiger partial charge in [0, 0.05) is 5.70 Å². The molecule has 24 heavy (non-hydrogen) atoms. The fraction of sp³-hybridized carbons (Fsp3) is 0.412. The summed E-state index contributed by atoms with van der Waals surface area (Å²) in [5, 5.41) is 6.76. The van der Waals surface area contributed by atoms with Gasteiger partial charge >= 0.3 is 5.97 Å². The Labute approximate surface area is 146 Å². The monoisotopic (exact) mass is 348 g/mol. The van der Waals surface area contributed by atoms with Gasteiger partial charge in [-0.3, -0.25) is 0 Å². The number of carbonyl (C=O) groups excluding carboxylic acids is 1. The number of esters is 1. The van der Waals surface area contributed by atoms with Gasteiger partial charge in [-0.15, -0.1) is 0 Å². The Hall–Kier alpha value is -2.28. The second-order valence-electron chi connectivity index (χ2n) is 5.51. The maximum Gasteiger partial charge on any atom is 0.338 e. The first-order valence-electron chi connectivity index (χ1n) is 8.01. The van der Waals surface area contributed by atoms with Crippen LogP contribution in [0.2, 0.25) is 0 Å². The van der Waals surface area contributed by atoms with E-state index in [-0.39, 0.29) is 18.8 Å². The van der Waals surface area contributed by atoms with Crippen molar-refractivity contribution in [3.05, 3.63) is 35.0 Å². The fourth-order valence-electron chi connectivity index (χ4n) is 2.86. The second-order valence-corrected chi connectivity index (χ2v) is 5.92. The lowest BCUT2D eigenvalue weighted by Crippen LogP contribution is -2.45. The van der Waals surface area contributed by atoms with Crippen LogP contribution in [0.4, 0.5) is 0 Å². The van der Waals surface area contributed by atoms with Gasteiger partial charge in [-0.25, -0.2) is 4.79 Å². The number of hydrogen-bond acceptors (Lipinski definition) is 5. The summed E-state index contributed by atoms with van der Waals surface area (Å²) in [7, 11) is 0. The molecule has 1 aromatic rings. The van der Waals surface area contributed by atoms with Gasteiger partial charge in [-0.1, -0.05) is 19.4 Å². The van der Waals surface area contributed by atoms with E-state index in [4.69, 9.17) is 26.4 Å². The highest BCUT2D eigenvalue weighted by Crippen LogP contribution is 2.37. The predicted octanol–water partition coefficient (Wildman–Crippen LogP) is 2.55. The molecule has 128 valence electrons. The molecule has 7 heteroatoms. The largest absolute Gasteiger partial charge is 0.463 e. The van der Waals surface area contributed by atoms with Crippen molar-refractivity contribution in [3.8, 4) is 11.5 Å². The van der Waals surface area contributed by atoms with Gasteiger partial charge in [0.25, 0.3) is 0 Å². The lowest BCUT2D eigenvalue weighted by molar-refractivity contribution is -0.139. The Morgan fingerprint density at radius 1 is 1.33 bits per heavy atom. The second kappa shape index (κ2) is 7.09. The molecule has 1 atom stereocenters. The summed E-state index contributed by atoms with van der Waals surface area (Å²) in [5.41, 5.74) is 2.24. The molecule has 0 fully saturated rings. The van der Waals surface area contributed by atoms with E-state index < -0.39 is 0 Å². The number of fused-ring (bicyclic) bond motifs is 1. The number of thiocarbonyl (C=S) groups is 1. The molecule has 1 aromatic carbocycles. The molecule has 2 aliphatic heterocycles. The molecule has 2 aliphatic rings. The Morgan fingerprint density at radius 3 is 2.88 bits per heavy atom. The first kappa shape index (κ1) is 16.6. The molecule has 0 aromatic heterocycles. The molecule has 0 saturated carbocycles. The number of ether oxygens (including phenoxy) is 3. The third kappa shape index (κ3) is 3.17. The summed E-state index contributed by atoms with van der Waals surface area (Å²) < 4.78 is 16.1. The lowest BCUT2D eigenvalue weighted by atomic mass is 9.93. The van der Waals surface area contributed by atoms with Gasteiger partial charge in [-0.2, -0.15) is 0 Å². The molecule has 0 saturated heterocycles. The molecule has 6 nitrogen and oxygen atoms in total. The normalized spacial score (nSPS) is 18.9. The molecule has 0 aliphatic carbocycles. The van der Waals surface area contributed by atoms with Gasteiger partial charge in [0.2, 0.25) is 6.79 Å². The van der Waals surface area contributed by atoms with Crippen molar-refractivity contribution in [1.82, 2.24) is 10.6 Å². The average Bonchev–Trinajstić information content (AvgIpc) is 3.02. The van der Waals surface area contributed by atoms with Gasteiger partial charge < -0.3 is 24.8 Å². The molecule has 2 N–H and O–H groups in total. The maximum atomic E-state index is 12.5. The minimum absolute atomic E-state index is 0.207. The number of allylic oxidation sites excluding steroid dienone is 1. The van der Waals surface area contributed by atoms with Crippen LogP contribution < -0.4 is 20.1 Å². The highest BCUT2D eigenvalue weighted by molar-refractivity contribution is 7.80. The molecule has 0 spiro atoms. The zero-order valence-electron chi connectivity index (χ0n) is 13.7. The summed E-state index contributed by atoms with van der Waals surface area (Å²) in [6.07, 6.45) is 1.61. The van der Waals surface area contributed by atoms with Gasteiger partial charge in [-0.05, 0) is 43.3 Å². The van der Waals surface area contributed by atoms with Crippen molar-refractivity contribution in [2.24, 2.45) is 0 Å². The van der Waals surface area contributed by atoms with E-state index in [0.29, 0.717) is 28.8 Å². The van der Waals surface area contributed by atoms with Crippen LogP contribution in [0.5, 0.6) is 11.5 Å². The van der Waals surface area contributed by atoms with E-state index in [2.05, 4.69) is 17.6 Å². The molecule has 0 unspecified atom stereocenters. The SMILES string of the molecule is CCCC1=C(C(=O)OCC)[C@H](c2ccc3c(c2)OCO3)NC(=S)N1. The van der Waals surface area contributed by atoms with E-state index in [0.717, 1.165) is 24.1 Å². The number of hydrogen-bond donors (Lipinski definition) is 2. The predicted molar refractivity (Wildman–Crippen MR) is 92.7 cm³/mol. The van der Waals surface area contributed by atoms with Crippen molar-refractivity contribution in [3.63, 3.8) is 0 Å². The minimum Gasteiger partial charge on any atom is -0.463 e. The van der Waals surface area contributed by atoms with Crippen LogP contribution >= 0.6 is 12.2 Å². The molecule has 0 bridgehead atoms. The third-order valence-electron chi connectivity index (χ3n) is 3.88. The zero-order chi connectivity index (χ0) is 17.1. The Morgan fingerprint density at radius 2 is 2.12 bits per heavy atom. The van der Waals surface area contributed by atoms with Crippen molar-refractivity contribution in [2.75, 3.05) is 13.4 Å². The minimum atomic E-state index is -0.381. The van der Waals surface area contributed by atoms with Crippen molar-refractivity contribution >= 4 is 23.3 Å². The topological polar surface area (TPSA) is 68.8 Å². The number of rotatable bonds is 5. The first-order chi connectivity index (χ1) is 11.6. The molecule has 3 rings (SSSR count). The molecule has 0 radical (unpaired) electrons. The lowest BCUT2D eigenvalue weighted by Gasteiger charge is -2.31. The fourth-order valence-corrected chi connectivity index (χ4v) is 3.10. The van der Waals surface area contributed by atoms with E-state index in [1.54, 1.807) is 6.92 Å². The van der Waals surface area contributed by atoms with Crippen LogP contribution in [-0.4, -0.2) is 24.5 Å². The summed E-state index contributed by atoms with van der Waals surface area (Å²) in [5.74, 6) is 1.02. The number of benzene rings is 1. The zero-order valence-corrected chi connectivity index (χ0v) is 14.5. The highest BCUT2D eigenvalue weighted by Gasteiger charge is 2.32. The molecular weight excluding hydrogens is 328 g/mol. The van der Waals surface area contributed by atoms with Gasteiger partial charge in [0.1, 0.15) is 0 Å². The van der Waals surface area contributed by atoms with E-state index in [1.807, 2.05) is 18.2 Å².